The molecule has 24 heavy (non-hydrogen) atoms. The molecule has 1 aromatic heterocycles. The smallest absolute Gasteiger partial charge is 0.371 e. The number of benzene rings is 1. The minimum atomic E-state index is -1.13. The van der Waals surface area contributed by atoms with Crippen LogP contribution in [-0.4, -0.2) is 29.3 Å². The number of nitrogens with zero attached hydrogens (tertiary/aromatic N) is 1. The summed E-state index contributed by atoms with van der Waals surface area (Å²) in [6, 6.07) is 7.18. The predicted molar refractivity (Wildman–Crippen MR) is 87.3 cm³/mol. The zero-order valence-corrected chi connectivity index (χ0v) is 13.0. The van der Waals surface area contributed by atoms with Crippen LogP contribution in [0.5, 0.6) is 11.5 Å². The van der Waals surface area contributed by atoms with Gasteiger partial charge in [0.1, 0.15) is 11.8 Å². The van der Waals surface area contributed by atoms with Crippen LogP contribution >= 0.6 is 0 Å². The fraction of sp³-hybridized carbons (Fsp3) is 0.235. The first-order valence-corrected chi connectivity index (χ1v) is 7.23. The Labute approximate surface area is 138 Å². The van der Waals surface area contributed by atoms with Crippen LogP contribution in [0, 0.1) is 4.91 Å². The van der Waals surface area contributed by atoms with E-state index in [1.807, 2.05) is 0 Å². The molecule has 1 unspecified atom stereocenters. The Kier molecular flexibility index (Phi) is 5.73. The summed E-state index contributed by atoms with van der Waals surface area (Å²) >= 11 is 0. The SMILES string of the molecule is COc1cc(C=CC(CCc2ccc(C(=O)O)o2)N=O)ccc1O. The van der Waals surface area contributed by atoms with Gasteiger partial charge in [-0.05, 0) is 36.2 Å². The van der Waals surface area contributed by atoms with E-state index in [2.05, 4.69) is 5.18 Å². The summed E-state index contributed by atoms with van der Waals surface area (Å²) in [4.78, 5) is 21.7. The molecule has 2 rings (SSSR count). The van der Waals surface area contributed by atoms with Gasteiger partial charge in [0, 0.05) is 6.42 Å². The first-order chi connectivity index (χ1) is 11.5. The highest BCUT2D eigenvalue weighted by Crippen LogP contribution is 2.27. The molecule has 0 spiro atoms. The Morgan fingerprint density at radius 3 is 2.79 bits per heavy atom. The summed E-state index contributed by atoms with van der Waals surface area (Å²) in [6.07, 6.45) is 4.13. The number of carboxylic acids is 1. The number of methoxy groups -OCH3 is 1. The number of furan rings is 1. The van der Waals surface area contributed by atoms with Crippen molar-refractivity contribution in [1.29, 1.82) is 0 Å². The largest absolute Gasteiger partial charge is 0.504 e. The molecular weight excluding hydrogens is 314 g/mol. The summed E-state index contributed by atoms with van der Waals surface area (Å²) in [7, 11) is 1.45. The zero-order valence-electron chi connectivity index (χ0n) is 13.0. The third-order valence-corrected chi connectivity index (χ3v) is 3.41. The molecule has 1 heterocycles. The highest BCUT2D eigenvalue weighted by atomic mass is 16.5. The standard InChI is InChI=1S/C17H17NO6/c1-23-16-10-11(3-8-14(16)19)2-4-12(18-22)5-6-13-7-9-15(24-13)17(20)21/h2-4,7-10,12,19H,5-6H2,1H3,(H,20,21). The number of carbonyl (C=O) groups is 1. The summed E-state index contributed by atoms with van der Waals surface area (Å²) in [5.41, 5.74) is 0.754. The average Bonchev–Trinajstić information content (AvgIpc) is 3.05. The molecule has 7 heteroatoms. The fourth-order valence-corrected chi connectivity index (χ4v) is 2.12. The number of carboxylic acid groups (broad SMARTS) is 1. The number of nitroso groups, excluding NO2 is 1. The van der Waals surface area contributed by atoms with Gasteiger partial charge < -0.3 is 19.4 Å². The first-order valence-electron chi connectivity index (χ1n) is 7.23. The van der Waals surface area contributed by atoms with Gasteiger partial charge in [-0.2, -0.15) is 4.91 Å². The molecule has 0 aliphatic rings. The van der Waals surface area contributed by atoms with E-state index in [9.17, 15) is 14.8 Å². The second-order valence-corrected chi connectivity index (χ2v) is 5.07. The molecule has 7 nitrogen and oxygen atoms in total. The maximum Gasteiger partial charge on any atom is 0.371 e. The van der Waals surface area contributed by atoms with E-state index in [1.54, 1.807) is 30.4 Å². The van der Waals surface area contributed by atoms with Gasteiger partial charge in [0.2, 0.25) is 5.76 Å². The number of phenolic OH excluding ortho intramolecular Hbond substituents is 1. The molecule has 0 fully saturated rings. The van der Waals surface area contributed by atoms with Crippen molar-refractivity contribution in [3.8, 4) is 11.5 Å². The molecule has 0 amide bonds. The number of hydrogen-bond acceptors (Lipinski definition) is 6. The van der Waals surface area contributed by atoms with Gasteiger partial charge >= 0.3 is 5.97 Å². The molecule has 0 bridgehead atoms. The van der Waals surface area contributed by atoms with Gasteiger partial charge in [0.05, 0.1) is 7.11 Å². The molecule has 2 N–H and O–H groups in total. The average molecular weight is 331 g/mol. The topological polar surface area (TPSA) is 109 Å². The Balaban J connectivity index is 1.98. The molecule has 0 aliphatic heterocycles. The Morgan fingerprint density at radius 1 is 1.38 bits per heavy atom. The summed E-state index contributed by atoms with van der Waals surface area (Å²) in [6.45, 7) is 0. The first kappa shape index (κ1) is 17.3. The second-order valence-electron chi connectivity index (χ2n) is 5.07. The minimum absolute atomic E-state index is 0.0340. The van der Waals surface area contributed by atoms with E-state index in [0.29, 0.717) is 24.4 Å². The second kappa shape index (κ2) is 7.96. The number of hydrogen-bond donors (Lipinski definition) is 2. The highest BCUT2D eigenvalue weighted by Gasteiger charge is 2.11. The Hall–Kier alpha value is -3.09. The third kappa shape index (κ3) is 4.45. The number of ether oxygens (including phenoxy) is 1. The minimum Gasteiger partial charge on any atom is -0.504 e. The van der Waals surface area contributed by atoms with Gasteiger partial charge in [0.25, 0.3) is 0 Å². The quantitative estimate of drug-likeness (QED) is 0.717. The van der Waals surface area contributed by atoms with Gasteiger partial charge in [-0.1, -0.05) is 23.4 Å². The van der Waals surface area contributed by atoms with Crippen molar-refractivity contribution in [3.05, 3.63) is 58.4 Å². The van der Waals surface area contributed by atoms with Crippen LogP contribution in [0.2, 0.25) is 0 Å². The number of rotatable bonds is 8. The van der Waals surface area contributed by atoms with Crippen molar-refractivity contribution in [2.75, 3.05) is 7.11 Å². The summed E-state index contributed by atoms with van der Waals surface area (Å²) in [5.74, 6) is -0.406. The number of aryl methyl sites for hydroxylation is 1. The molecule has 1 aromatic carbocycles. The van der Waals surface area contributed by atoms with Crippen LogP contribution in [-0.2, 0) is 6.42 Å². The Morgan fingerprint density at radius 2 is 2.17 bits per heavy atom. The van der Waals surface area contributed by atoms with Crippen molar-refractivity contribution in [2.24, 2.45) is 5.18 Å². The lowest BCUT2D eigenvalue weighted by atomic mass is 10.1. The van der Waals surface area contributed by atoms with Crippen molar-refractivity contribution in [1.82, 2.24) is 0 Å². The number of phenols is 1. The van der Waals surface area contributed by atoms with E-state index >= 15 is 0 Å². The lowest BCUT2D eigenvalue weighted by molar-refractivity contribution is 0.0660. The van der Waals surface area contributed by atoms with Crippen LogP contribution in [0.4, 0.5) is 0 Å². The Bertz CT molecular complexity index is 749. The summed E-state index contributed by atoms with van der Waals surface area (Å²) < 4.78 is 10.2. The van der Waals surface area contributed by atoms with Crippen molar-refractivity contribution < 1.29 is 24.2 Å². The fourth-order valence-electron chi connectivity index (χ4n) is 2.12. The molecule has 0 saturated heterocycles. The normalized spacial score (nSPS) is 12.2. The van der Waals surface area contributed by atoms with E-state index < -0.39 is 12.0 Å². The molecule has 0 saturated carbocycles. The molecule has 126 valence electrons. The lowest BCUT2D eigenvalue weighted by Crippen LogP contribution is -2.01. The maximum absolute atomic E-state index is 10.9. The van der Waals surface area contributed by atoms with Gasteiger partial charge in [-0.25, -0.2) is 4.79 Å². The maximum atomic E-state index is 10.9. The van der Waals surface area contributed by atoms with E-state index in [-0.39, 0.29) is 11.5 Å². The van der Waals surface area contributed by atoms with E-state index in [4.69, 9.17) is 14.3 Å². The summed E-state index contributed by atoms with van der Waals surface area (Å²) in [5, 5.41) is 21.4. The van der Waals surface area contributed by atoms with Crippen LogP contribution in [0.25, 0.3) is 6.08 Å². The molecular formula is C17H17NO6. The molecule has 0 aliphatic carbocycles. The van der Waals surface area contributed by atoms with Crippen molar-refractivity contribution >= 4 is 12.0 Å². The zero-order chi connectivity index (χ0) is 17.5. The number of aromatic carboxylic acids is 1. The highest BCUT2D eigenvalue weighted by molar-refractivity contribution is 5.84. The van der Waals surface area contributed by atoms with Crippen LogP contribution in [0.1, 0.15) is 28.3 Å². The van der Waals surface area contributed by atoms with E-state index in [0.717, 1.165) is 5.56 Å². The number of aromatic hydroxyl groups is 1. The van der Waals surface area contributed by atoms with Crippen molar-refractivity contribution in [2.45, 2.75) is 18.9 Å². The predicted octanol–water partition coefficient (Wildman–Crippen LogP) is 3.47. The third-order valence-electron chi connectivity index (χ3n) is 3.41. The monoisotopic (exact) mass is 331 g/mol. The van der Waals surface area contributed by atoms with Gasteiger partial charge in [-0.3, -0.25) is 0 Å². The van der Waals surface area contributed by atoms with Crippen LogP contribution < -0.4 is 4.74 Å². The molecule has 2 aromatic rings. The molecule has 0 radical (unpaired) electrons. The lowest BCUT2D eigenvalue weighted by Gasteiger charge is -2.05. The van der Waals surface area contributed by atoms with Crippen LogP contribution in [0.3, 0.4) is 0 Å². The van der Waals surface area contributed by atoms with Crippen LogP contribution in [0.15, 0.2) is 46.0 Å². The van der Waals surface area contributed by atoms with Crippen molar-refractivity contribution in [3.63, 3.8) is 0 Å². The molecule has 1 atom stereocenters. The van der Waals surface area contributed by atoms with Gasteiger partial charge in [0.15, 0.2) is 11.5 Å². The van der Waals surface area contributed by atoms with E-state index in [1.165, 1.54) is 19.2 Å². The van der Waals surface area contributed by atoms with Gasteiger partial charge in [-0.15, -0.1) is 0 Å².